The zero-order valence-corrected chi connectivity index (χ0v) is 16.0. The molecule has 1 fully saturated rings. The maximum Gasteiger partial charge on any atom is 0.410 e. The molecule has 9 heteroatoms. The number of benzene rings is 1. The molecule has 0 aliphatic carbocycles. The summed E-state index contributed by atoms with van der Waals surface area (Å²) in [7, 11) is -3.54. The minimum absolute atomic E-state index is 0.139. The molecule has 0 bridgehead atoms. The van der Waals surface area contributed by atoms with Gasteiger partial charge in [-0.25, -0.2) is 18.2 Å². The second-order valence-electron chi connectivity index (χ2n) is 7.06. The van der Waals surface area contributed by atoms with Crippen molar-refractivity contribution < 1.29 is 17.9 Å². The number of ether oxygens (including phenoxy) is 1. The van der Waals surface area contributed by atoms with Crippen molar-refractivity contribution in [3.05, 3.63) is 18.2 Å². The smallest absolute Gasteiger partial charge is 0.410 e. The Hall–Kier alpha value is -1.87. The van der Waals surface area contributed by atoms with Crippen LogP contribution < -0.4 is 5.73 Å². The Labute approximate surface area is 150 Å². The first-order chi connectivity index (χ1) is 11.6. The molecule has 0 saturated carbocycles. The summed E-state index contributed by atoms with van der Waals surface area (Å²) in [5, 5.41) is -0.232. The first-order valence-corrected chi connectivity index (χ1v) is 10.3. The number of fused-ring (bicyclic) bond motifs is 1. The summed E-state index contributed by atoms with van der Waals surface area (Å²) in [5.74, 6) is 0. The molecule has 0 unspecified atom stereocenters. The van der Waals surface area contributed by atoms with Gasteiger partial charge in [-0.1, -0.05) is 11.3 Å². The maximum atomic E-state index is 12.9. The van der Waals surface area contributed by atoms with Crippen LogP contribution in [-0.4, -0.2) is 48.3 Å². The van der Waals surface area contributed by atoms with Crippen LogP contribution in [0.15, 0.2) is 23.1 Å². The number of carbonyl (C=O) groups excluding carboxylic acids is 1. The number of thiazole rings is 1. The summed E-state index contributed by atoms with van der Waals surface area (Å²) < 4.78 is 31.9. The van der Waals surface area contributed by atoms with Gasteiger partial charge in [0.2, 0.25) is 0 Å². The van der Waals surface area contributed by atoms with Gasteiger partial charge in [0, 0.05) is 13.1 Å². The minimum Gasteiger partial charge on any atom is -0.444 e. The number of hydrogen-bond acceptors (Lipinski definition) is 7. The van der Waals surface area contributed by atoms with E-state index in [2.05, 4.69) is 4.98 Å². The van der Waals surface area contributed by atoms with Gasteiger partial charge in [0.1, 0.15) is 5.60 Å². The summed E-state index contributed by atoms with van der Waals surface area (Å²) in [5.41, 5.74) is 5.75. The Morgan fingerprint density at radius 3 is 2.80 bits per heavy atom. The van der Waals surface area contributed by atoms with Crippen LogP contribution in [0.2, 0.25) is 0 Å². The highest BCUT2D eigenvalue weighted by Gasteiger charge is 2.37. The second-order valence-corrected chi connectivity index (χ2v) is 10.4. The van der Waals surface area contributed by atoms with Gasteiger partial charge in [-0.3, -0.25) is 0 Å². The number of nitrogen functional groups attached to an aromatic ring is 1. The molecule has 3 rings (SSSR count). The number of amides is 1. The summed E-state index contributed by atoms with van der Waals surface area (Å²) in [6, 6.07) is 4.82. The third-order valence-corrected chi connectivity index (χ3v) is 6.96. The molecule has 1 aliphatic rings. The van der Waals surface area contributed by atoms with Crippen LogP contribution in [0.1, 0.15) is 27.2 Å². The van der Waals surface area contributed by atoms with Crippen molar-refractivity contribution in [2.75, 3.05) is 18.8 Å². The average Bonchev–Trinajstić information content (AvgIpc) is 3.10. The Kier molecular flexibility index (Phi) is 4.40. The highest BCUT2D eigenvalue weighted by molar-refractivity contribution is 7.92. The number of nitrogens with two attached hydrogens (primary N) is 1. The molecule has 1 saturated heterocycles. The van der Waals surface area contributed by atoms with E-state index in [0.717, 1.165) is 4.70 Å². The lowest BCUT2D eigenvalue weighted by atomic mass is 10.2. The van der Waals surface area contributed by atoms with E-state index >= 15 is 0 Å². The topological polar surface area (TPSA) is 103 Å². The number of sulfone groups is 1. The van der Waals surface area contributed by atoms with Crippen molar-refractivity contribution in [1.29, 1.82) is 0 Å². The molecular weight excluding hydrogens is 362 g/mol. The highest BCUT2D eigenvalue weighted by atomic mass is 32.2. The van der Waals surface area contributed by atoms with Crippen molar-refractivity contribution in [2.24, 2.45) is 0 Å². The van der Waals surface area contributed by atoms with Crippen molar-refractivity contribution >= 4 is 42.6 Å². The van der Waals surface area contributed by atoms with Gasteiger partial charge in [-0.2, -0.15) is 0 Å². The Balaban J connectivity index is 1.79. The number of aromatic nitrogens is 1. The monoisotopic (exact) mass is 383 g/mol. The zero-order chi connectivity index (χ0) is 18.4. The first-order valence-electron chi connectivity index (χ1n) is 7.94. The Morgan fingerprint density at radius 2 is 2.12 bits per heavy atom. The molecule has 2 aromatic rings. The number of carbonyl (C=O) groups is 1. The third-order valence-electron chi connectivity index (χ3n) is 3.94. The van der Waals surface area contributed by atoms with E-state index in [1.165, 1.54) is 16.2 Å². The molecule has 2 heterocycles. The predicted molar refractivity (Wildman–Crippen MR) is 97.4 cm³/mol. The van der Waals surface area contributed by atoms with Crippen molar-refractivity contribution in [3.8, 4) is 0 Å². The maximum absolute atomic E-state index is 12.9. The Morgan fingerprint density at radius 1 is 1.40 bits per heavy atom. The van der Waals surface area contributed by atoms with Gasteiger partial charge >= 0.3 is 6.09 Å². The standard InChI is InChI=1S/C16H21N3O4S2/c1-16(2,3)23-15(20)19-7-6-11(9-19)25(21,22)10-4-5-12-13(8-10)24-14(17)18-12/h4-5,8,11H,6-7,9H2,1-3H3,(H2,17,18)/t11-/m1/s1. The zero-order valence-electron chi connectivity index (χ0n) is 14.4. The fourth-order valence-corrected chi connectivity index (χ4v) is 5.33. The second kappa shape index (κ2) is 6.14. The van der Waals surface area contributed by atoms with E-state index in [9.17, 15) is 13.2 Å². The summed E-state index contributed by atoms with van der Waals surface area (Å²) in [6.45, 7) is 5.86. The molecule has 2 N–H and O–H groups in total. The highest BCUT2D eigenvalue weighted by Crippen LogP contribution is 2.30. The molecule has 1 atom stereocenters. The van der Waals surface area contributed by atoms with Crippen LogP contribution in [0, 0.1) is 0 Å². The molecule has 1 aromatic carbocycles. The molecule has 7 nitrogen and oxygen atoms in total. The van der Waals surface area contributed by atoms with E-state index in [-0.39, 0.29) is 11.4 Å². The number of anilines is 1. The van der Waals surface area contributed by atoms with Gasteiger partial charge in [0.15, 0.2) is 15.0 Å². The number of nitrogens with zero attached hydrogens (tertiary/aromatic N) is 2. The lowest BCUT2D eigenvalue weighted by Gasteiger charge is -2.24. The van der Waals surface area contributed by atoms with Crippen molar-refractivity contribution in [1.82, 2.24) is 9.88 Å². The summed E-state index contributed by atoms with van der Waals surface area (Å²) >= 11 is 1.25. The lowest BCUT2D eigenvalue weighted by Crippen LogP contribution is -2.36. The SMILES string of the molecule is CC(C)(C)OC(=O)N1CC[C@@H](S(=O)(=O)c2ccc3nc(N)sc3c2)C1. The number of hydrogen-bond donors (Lipinski definition) is 1. The third kappa shape index (κ3) is 3.72. The van der Waals surface area contributed by atoms with Gasteiger partial charge in [0.25, 0.3) is 0 Å². The van der Waals surface area contributed by atoms with Gasteiger partial charge in [0.05, 0.1) is 20.4 Å². The van der Waals surface area contributed by atoms with Gasteiger partial charge in [-0.05, 0) is 45.4 Å². The fourth-order valence-electron chi connectivity index (χ4n) is 2.77. The Bertz CT molecular complexity index is 915. The molecule has 136 valence electrons. The van der Waals surface area contributed by atoms with E-state index < -0.39 is 26.8 Å². The predicted octanol–water partition coefficient (Wildman–Crippen LogP) is 2.66. The van der Waals surface area contributed by atoms with Crippen LogP contribution in [0.25, 0.3) is 10.2 Å². The van der Waals surface area contributed by atoms with Gasteiger partial charge < -0.3 is 15.4 Å². The van der Waals surface area contributed by atoms with Crippen LogP contribution in [0.5, 0.6) is 0 Å². The normalized spacial score (nSPS) is 18.7. The molecule has 1 aromatic heterocycles. The lowest BCUT2D eigenvalue weighted by molar-refractivity contribution is 0.0295. The summed E-state index contributed by atoms with van der Waals surface area (Å²) in [6.07, 6.45) is -0.0827. The minimum atomic E-state index is -3.54. The van der Waals surface area contributed by atoms with E-state index in [1.54, 1.807) is 39.0 Å². The van der Waals surface area contributed by atoms with Crippen LogP contribution in [0.3, 0.4) is 0 Å². The van der Waals surface area contributed by atoms with Crippen LogP contribution >= 0.6 is 11.3 Å². The van der Waals surface area contributed by atoms with E-state index in [1.807, 2.05) is 0 Å². The van der Waals surface area contributed by atoms with E-state index in [4.69, 9.17) is 10.5 Å². The first kappa shape index (κ1) is 17.9. The van der Waals surface area contributed by atoms with Gasteiger partial charge in [-0.15, -0.1) is 0 Å². The summed E-state index contributed by atoms with van der Waals surface area (Å²) in [4.78, 5) is 18.0. The van der Waals surface area contributed by atoms with Crippen LogP contribution in [0.4, 0.5) is 9.93 Å². The molecule has 1 aliphatic heterocycles. The molecule has 1 amide bonds. The molecule has 0 radical (unpaired) electrons. The fraction of sp³-hybridized carbons (Fsp3) is 0.500. The van der Waals surface area contributed by atoms with Crippen molar-refractivity contribution in [2.45, 2.75) is 42.9 Å². The molecule has 0 spiro atoms. The molecule has 25 heavy (non-hydrogen) atoms. The largest absolute Gasteiger partial charge is 0.444 e. The number of likely N-dealkylation sites (tertiary alicyclic amines) is 1. The van der Waals surface area contributed by atoms with E-state index in [0.29, 0.717) is 23.6 Å². The number of rotatable bonds is 2. The van der Waals surface area contributed by atoms with Crippen LogP contribution in [-0.2, 0) is 14.6 Å². The average molecular weight is 383 g/mol. The van der Waals surface area contributed by atoms with Crippen molar-refractivity contribution in [3.63, 3.8) is 0 Å². The molecular formula is C16H21N3O4S2. The quantitative estimate of drug-likeness (QED) is 0.855.